The molecule has 3 aromatic rings. The summed E-state index contributed by atoms with van der Waals surface area (Å²) in [6.07, 6.45) is 1.67. The molecule has 2 aromatic carbocycles. The third kappa shape index (κ3) is 2.74. The highest BCUT2D eigenvalue weighted by atomic mass is 16.5. The molecule has 0 radical (unpaired) electrons. The van der Waals surface area contributed by atoms with Crippen molar-refractivity contribution in [2.24, 2.45) is 0 Å². The average Bonchev–Trinajstić information content (AvgIpc) is 2.99. The molecule has 1 heterocycles. The molecule has 1 aromatic heterocycles. The molecule has 3 N–H and O–H groups in total. The number of anilines is 1. The topological polar surface area (TPSA) is 73.2 Å². The maximum atomic E-state index is 5.90. The SMILES string of the molecule is COc1c(OCc2ccccc2)cccc1-c1cn[nH]c1N. The summed E-state index contributed by atoms with van der Waals surface area (Å²) < 4.78 is 11.4. The van der Waals surface area contributed by atoms with Crippen LogP contribution in [-0.2, 0) is 6.61 Å². The van der Waals surface area contributed by atoms with Crippen LogP contribution in [0.4, 0.5) is 5.82 Å². The van der Waals surface area contributed by atoms with Crippen molar-refractivity contribution >= 4 is 5.82 Å². The molecule has 0 saturated heterocycles. The smallest absolute Gasteiger partial charge is 0.168 e. The molecular weight excluding hydrogens is 278 g/mol. The number of nitrogens with one attached hydrogen (secondary N) is 1. The summed E-state index contributed by atoms with van der Waals surface area (Å²) in [6, 6.07) is 15.7. The van der Waals surface area contributed by atoms with Crippen LogP contribution in [0.15, 0.2) is 54.7 Å². The molecule has 0 atom stereocenters. The maximum absolute atomic E-state index is 5.90. The Balaban J connectivity index is 1.90. The zero-order valence-corrected chi connectivity index (χ0v) is 12.2. The van der Waals surface area contributed by atoms with Crippen LogP contribution in [-0.4, -0.2) is 17.3 Å². The zero-order chi connectivity index (χ0) is 15.4. The molecule has 3 rings (SSSR count). The summed E-state index contributed by atoms with van der Waals surface area (Å²) in [5.74, 6) is 1.81. The van der Waals surface area contributed by atoms with Gasteiger partial charge in [-0.2, -0.15) is 5.10 Å². The van der Waals surface area contributed by atoms with Crippen LogP contribution in [0.25, 0.3) is 11.1 Å². The minimum Gasteiger partial charge on any atom is -0.492 e. The first-order valence-electron chi connectivity index (χ1n) is 6.92. The second kappa shape index (κ2) is 6.22. The Bertz CT molecular complexity index is 754. The van der Waals surface area contributed by atoms with Crippen LogP contribution < -0.4 is 15.2 Å². The summed E-state index contributed by atoms with van der Waals surface area (Å²) >= 11 is 0. The van der Waals surface area contributed by atoms with Gasteiger partial charge in [-0.15, -0.1) is 0 Å². The van der Waals surface area contributed by atoms with Crippen molar-refractivity contribution in [2.45, 2.75) is 6.61 Å². The van der Waals surface area contributed by atoms with Gasteiger partial charge in [0, 0.05) is 11.1 Å². The van der Waals surface area contributed by atoms with Gasteiger partial charge >= 0.3 is 0 Å². The third-order valence-electron chi connectivity index (χ3n) is 3.38. The Hall–Kier alpha value is -2.95. The Morgan fingerprint density at radius 3 is 2.55 bits per heavy atom. The third-order valence-corrected chi connectivity index (χ3v) is 3.38. The molecule has 0 unspecified atom stereocenters. The highest BCUT2D eigenvalue weighted by Crippen LogP contribution is 2.39. The lowest BCUT2D eigenvalue weighted by atomic mass is 10.1. The predicted octanol–water partition coefficient (Wildman–Crippen LogP) is 3.25. The van der Waals surface area contributed by atoms with Gasteiger partial charge in [0.1, 0.15) is 12.4 Å². The molecule has 0 spiro atoms. The fourth-order valence-corrected chi connectivity index (χ4v) is 2.30. The largest absolute Gasteiger partial charge is 0.492 e. The molecule has 0 aliphatic carbocycles. The van der Waals surface area contributed by atoms with E-state index in [1.54, 1.807) is 13.3 Å². The van der Waals surface area contributed by atoms with E-state index in [4.69, 9.17) is 15.2 Å². The molecular formula is C17H17N3O2. The number of hydrogen-bond acceptors (Lipinski definition) is 4. The van der Waals surface area contributed by atoms with E-state index in [9.17, 15) is 0 Å². The first-order valence-corrected chi connectivity index (χ1v) is 6.92. The monoisotopic (exact) mass is 295 g/mol. The lowest BCUT2D eigenvalue weighted by Gasteiger charge is -2.14. The number of methoxy groups -OCH3 is 1. The van der Waals surface area contributed by atoms with E-state index < -0.39 is 0 Å². The molecule has 0 aliphatic rings. The van der Waals surface area contributed by atoms with Crippen LogP contribution >= 0.6 is 0 Å². The van der Waals surface area contributed by atoms with Crippen molar-refractivity contribution in [1.82, 2.24) is 10.2 Å². The van der Waals surface area contributed by atoms with E-state index >= 15 is 0 Å². The normalized spacial score (nSPS) is 10.4. The standard InChI is InChI=1S/C17H17N3O2/c1-21-16-13(14-10-19-20-17(14)18)8-5-9-15(16)22-11-12-6-3-2-4-7-12/h2-10H,11H2,1H3,(H3,18,19,20). The lowest BCUT2D eigenvalue weighted by molar-refractivity contribution is 0.285. The molecule has 0 amide bonds. The molecule has 0 aliphatic heterocycles. The highest BCUT2D eigenvalue weighted by Gasteiger charge is 2.15. The van der Waals surface area contributed by atoms with Crippen molar-refractivity contribution < 1.29 is 9.47 Å². The minimum absolute atomic E-state index is 0.474. The number of nitrogens with two attached hydrogens (primary N) is 1. The summed E-state index contributed by atoms with van der Waals surface area (Å²) in [7, 11) is 1.62. The fourth-order valence-electron chi connectivity index (χ4n) is 2.30. The number of nitrogen functional groups attached to an aromatic ring is 1. The van der Waals surface area contributed by atoms with E-state index in [-0.39, 0.29) is 0 Å². The van der Waals surface area contributed by atoms with Crippen LogP contribution in [0.1, 0.15) is 5.56 Å². The Kier molecular flexibility index (Phi) is 3.96. The van der Waals surface area contributed by atoms with Crippen molar-refractivity contribution in [1.29, 1.82) is 0 Å². The van der Waals surface area contributed by atoms with Gasteiger partial charge in [-0.05, 0) is 11.6 Å². The second-order valence-electron chi connectivity index (χ2n) is 4.81. The van der Waals surface area contributed by atoms with Gasteiger partial charge in [0.2, 0.25) is 0 Å². The van der Waals surface area contributed by atoms with E-state index in [1.165, 1.54) is 0 Å². The van der Waals surface area contributed by atoms with Gasteiger partial charge in [0.15, 0.2) is 11.5 Å². The fraction of sp³-hybridized carbons (Fsp3) is 0.118. The number of H-pyrrole nitrogens is 1. The van der Waals surface area contributed by atoms with Gasteiger partial charge in [-0.3, -0.25) is 5.10 Å². The lowest BCUT2D eigenvalue weighted by Crippen LogP contribution is -1.99. The van der Waals surface area contributed by atoms with E-state index in [0.29, 0.717) is 23.9 Å². The molecule has 0 saturated carbocycles. The minimum atomic E-state index is 0.474. The summed E-state index contributed by atoms with van der Waals surface area (Å²) in [5.41, 5.74) is 8.63. The van der Waals surface area contributed by atoms with Gasteiger partial charge in [-0.25, -0.2) is 0 Å². The second-order valence-corrected chi connectivity index (χ2v) is 4.81. The van der Waals surface area contributed by atoms with Gasteiger partial charge in [-0.1, -0.05) is 42.5 Å². The Morgan fingerprint density at radius 2 is 1.86 bits per heavy atom. The number of aromatic amines is 1. The molecule has 5 nitrogen and oxygen atoms in total. The van der Waals surface area contributed by atoms with Gasteiger partial charge in [0.25, 0.3) is 0 Å². The number of aromatic nitrogens is 2. The number of rotatable bonds is 5. The number of para-hydroxylation sites is 1. The van der Waals surface area contributed by atoms with E-state index in [1.807, 2.05) is 48.5 Å². The van der Waals surface area contributed by atoms with Crippen molar-refractivity contribution in [3.05, 3.63) is 60.3 Å². The number of nitrogens with zero attached hydrogens (tertiary/aromatic N) is 1. The van der Waals surface area contributed by atoms with Crippen LogP contribution in [0, 0.1) is 0 Å². The molecule has 5 heteroatoms. The average molecular weight is 295 g/mol. The van der Waals surface area contributed by atoms with Gasteiger partial charge < -0.3 is 15.2 Å². The summed E-state index contributed by atoms with van der Waals surface area (Å²) in [5, 5.41) is 6.68. The van der Waals surface area contributed by atoms with Crippen molar-refractivity contribution in [2.75, 3.05) is 12.8 Å². The Morgan fingerprint density at radius 1 is 1.05 bits per heavy atom. The highest BCUT2D eigenvalue weighted by molar-refractivity contribution is 5.80. The molecule has 0 fully saturated rings. The quantitative estimate of drug-likeness (QED) is 0.758. The number of ether oxygens (including phenoxy) is 2. The van der Waals surface area contributed by atoms with Crippen LogP contribution in [0.2, 0.25) is 0 Å². The van der Waals surface area contributed by atoms with Crippen LogP contribution in [0.5, 0.6) is 11.5 Å². The van der Waals surface area contributed by atoms with E-state index in [2.05, 4.69) is 10.2 Å². The number of hydrogen-bond donors (Lipinski definition) is 2. The van der Waals surface area contributed by atoms with Crippen molar-refractivity contribution in [3.8, 4) is 22.6 Å². The zero-order valence-electron chi connectivity index (χ0n) is 12.2. The van der Waals surface area contributed by atoms with Crippen LogP contribution in [0.3, 0.4) is 0 Å². The molecule has 22 heavy (non-hydrogen) atoms. The van der Waals surface area contributed by atoms with E-state index in [0.717, 1.165) is 16.7 Å². The van der Waals surface area contributed by atoms with Crippen molar-refractivity contribution in [3.63, 3.8) is 0 Å². The number of benzene rings is 2. The Labute approximate surface area is 128 Å². The first kappa shape index (κ1) is 14.0. The predicted molar refractivity (Wildman–Crippen MR) is 85.8 cm³/mol. The van der Waals surface area contributed by atoms with Gasteiger partial charge in [0.05, 0.1) is 13.3 Å². The summed E-state index contributed by atoms with van der Waals surface area (Å²) in [6.45, 7) is 0.474. The first-order chi connectivity index (χ1) is 10.8. The molecule has 112 valence electrons. The molecule has 0 bridgehead atoms. The summed E-state index contributed by atoms with van der Waals surface area (Å²) in [4.78, 5) is 0. The maximum Gasteiger partial charge on any atom is 0.168 e.